The summed E-state index contributed by atoms with van der Waals surface area (Å²) >= 11 is 0. The van der Waals surface area contributed by atoms with E-state index in [4.69, 9.17) is 9.47 Å². The Morgan fingerprint density at radius 3 is 2.21 bits per heavy atom. The standard InChI is InChI=1S/C17H28O2/c1-16(2,3)14-9-7-10-15(13-14)18-11-8-12-19-17(4,5)6/h7,9-10,13H,8,11-12H2,1-6H3. The molecule has 0 amide bonds. The van der Waals surface area contributed by atoms with Gasteiger partial charge in [0.2, 0.25) is 0 Å². The molecule has 1 aromatic carbocycles. The Bertz CT molecular complexity index is 383. The maximum atomic E-state index is 5.78. The van der Waals surface area contributed by atoms with Crippen molar-refractivity contribution in [3.8, 4) is 5.75 Å². The van der Waals surface area contributed by atoms with Crippen molar-refractivity contribution in [3.05, 3.63) is 29.8 Å². The van der Waals surface area contributed by atoms with Gasteiger partial charge < -0.3 is 9.47 Å². The summed E-state index contributed by atoms with van der Waals surface area (Å²) in [6.07, 6.45) is 0.914. The zero-order chi connectivity index (χ0) is 14.5. The predicted molar refractivity (Wildman–Crippen MR) is 81.0 cm³/mol. The molecule has 1 aromatic rings. The number of ether oxygens (including phenoxy) is 2. The van der Waals surface area contributed by atoms with Gasteiger partial charge in [-0.3, -0.25) is 0 Å². The Kier molecular flexibility index (Phi) is 5.42. The first kappa shape index (κ1) is 16.0. The van der Waals surface area contributed by atoms with Crippen LogP contribution in [0.25, 0.3) is 0 Å². The van der Waals surface area contributed by atoms with Crippen molar-refractivity contribution in [1.29, 1.82) is 0 Å². The molecule has 0 saturated carbocycles. The molecule has 2 heteroatoms. The van der Waals surface area contributed by atoms with Crippen molar-refractivity contribution in [1.82, 2.24) is 0 Å². The van der Waals surface area contributed by atoms with E-state index in [1.807, 2.05) is 6.07 Å². The Morgan fingerprint density at radius 1 is 0.947 bits per heavy atom. The highest BCUT2D eigenvalue weighted by atomic mass is 16.5. The molecule has 0 bridgehead atoms. The Morgan fingerprint density at radius 2 is 1.63 bits per heavy atom. The maximum Gasteiger partial charge on any atom is 0.119 e. The van der Waals surface area contributed by atoms with Gasteiger partial charge in [-0.25, -0.2) is 0 Å². The van der Waals surface area contributed by atoms with E-state index < -0.39 is 0 Å². The molecule has 0 unspecified atom stereocenters. The van der Waals surface area contributed by atoms with Crippen LogP contribution in [0, 0.1) is 0 Å². The number of rotatable bonds is 5. The van der Waals surface area contributed by atoms with E-state index >= 15 is 0 Å². The lowest BCUT2D eigenvalue weighted by molar-refractivity contribution is -0.00769. The molecule has 0 aliphatic rings. The fraction of sp³-hybridized carbons (Fsp3) is 0.647. The quantitative estimate of drug-likeness (QED) is 0.725. The molecule has 19 heavy (non-hydrogen) atoms. The summed E-state index contributed by atoms with van der Waals surface area (Å²) in [5.41, 5.74) is 1.40. The zero-order valence-electron chi connectivity index (χ0n) is 13.2. The van der Waals surface area contributed by atoms with Gasteiger partial charge in [0.05, 0.1) is 18.8 Å². The van der Waals surface area contributed by atoms with Crippen molar-refractivity contribution in [3.63, 3.8) is 0 Å². The molecule has 0 radical (unpaired) electrons. The first-order valence-corrected chi connectivity index (χ1v) is 7.06. The third-order valence-corrected chi connectivity index (χ3v) is 2.79. The van der Waals surface area contributed by atoms with E-state index in [0.717, 1.165) is 18.8 Å². The Labute approximate surface area is 118 Å². The van der Waals surface area contributed by atoms with Crippen LogP contribution in [0.1, 0.15) is 53.5 Å². The topological polar surface area (TPSA) is 18.5 Å². The van der Waals surface area contributed by atoms with Crippen LogP contribution >= 0.6 is 0 Å². The molecular weight excluding hydrogens is 236 g/mol. The summed E-state index contributed by atoms with van der Waals surface area (Å²) in [5, 5.41) is 0. The van der Waals surface area contributed by atoms with Crippen LogP contribution in [-0.2, 0) is 10.2 Å². The average Bonchev–Trinajstić information content (AvgIpc) is 2.26. The molecule has 0 fully saturated rings. The van der Waals surface area contributed by atoms with Gasteiger partial charge in [-0.15, -0.1) is 0 Å². The average molecular weight is 264 g/mol. The minimum absolute atomic E-state index is 0.0633. The normalized spacial score (nSPS) is 12.5. The second-order valence-corrected chi connectivity index (χ2v) is 6.94. The Hall–Kier alpha value is -1.02. The van der Waals surface area contributed by atoms with Gasteiger partial charge in [-0.05, 0) is 43.9 Å². The van der Waals surface area contributed by atoms with Gasteiger partial charge in [-0.1, -0.05) is 32.9 Å². The third kappa shape index (κ3) is 6.63. The van der Waals surface area contributed by atoms with Crippen molar-refractivity contribution in [2.45, 2.75) is 59.0 Å². The van der Waals surface area contributed by atoms with Crippen LogP contribution in [0.15, 0.2) is 24.3 Å². The molecule has 0 atom stereocenters. The lowest BCUT2D eigenvalue weighted by Gasteiger charge is -2.20. The summed E-state index contributed by atoms with van der Waals surface area (Å²) in [5.74, 6) is 0.947. The van der Waals surface area contributed by atoms with Gasteiger partial charge in [0, 0.05) is 6.42 Å². The van der Waals surface area contributed by atoms with Crippen LogP contribution in [-0.4, -0.2) is 18.8 Å². The third-order valence-electron chi connectivity index (χ3n) is 2.79. The van der Waals surface area contributed by atoms with Gasteiger partial charge in [0.15, 0.2) is 0 Å². The van der Waals surface area contributed by atoms with Crippen LogP contribution < -0.4 is 4.74 Å². The molecule has 1 rings (SSSR count). The summed E-state index contributed by atoms with van der Waals surface area (Å²) in [4.78, 5) is 0. The van der Waals surface area contributed by atoms with E-state index in [1.54, 1.807) is 0 Å². The lowest BCUT2D eigenvalue weighted by Crippen LogP contribution is -2.20. The molecule has 0 N–H and O–H groups in total. The van der Waals surface area contributed by atoms with Crippen LogP contribution in [0.2, 0.25) is 0 Å². The van der Waals surface area contributed by atoms with Gasteiger partial charge >= 0.3 is 0 Å². The highest BCUT2D eigenvalue weighted by Gasteiger charge is 2.14. The zero-order valence-corrected chi connectivity index (χ0v) is 13.2. The van der Waals surface area contributed by atoms with Crippen molar-refractivity contribution >= 4 is 0 Å². The van der Waals surface area contributed by atoms with E-state index in [-0.39, 0.29) is 11.0 Å². The SMILES string of the molecule is CC(C)(C)OCCCOc1cccc(C(C)(C)C)c1. The smallest absolute Gasteiger partial charge is 0.119 e. The van der Waals surface area contributed by atoms with Crippen LogP contribution in [0.3, 0.4) is 0 Å². The molecule has 0 saturated heterocycles. The first-order chi connectivity index (χ1) is 8.68. The molecule has 108 valence electrons. The second kappa shape index (κ2) is 6.42. The fourth-order valence-electron chi connectivity index (χ4n) is 1.68. The second-order valence-electron chi connectivity index (χ2n) is 6.94. The largest absolute Gasteiger partial charge is 0.493 e. The van der Waals surface area contributed by atoms with E-state index in [1.165, 1.54) is 5.56 Å². The molecular formula is C17H28O2. The monoisotopic (exact) mass is 264 g/mol. The maximum absolute atomic E-state index is 5.78. The molecule has 0 aliphatic carbocycles. The van der Waals surface area contributed by atoms with Crippen LogP contribution in [0.5, 0.6) is 5.75 Å². The summed E-state index contributed by atoms with van der Waals surface area (Å²) in [6.45, 7) is 14.3. The van der Waals surface area contributed by atoms with E-state index in [9.17, 15) is 0 Å². The van der Waals surface area contributed by atoms with E-state index in [0.29, 0.717) is 6.61 Å². The summed E-state index contributed by atoms with van der Waals surface area (Å²) < 4.78 is 11.4. The highest BCUT2D eigenvalue weighted by molar-refractivity contribution is 5.32. The first-order valence-electron chi connectivity index (χ1n) is 7.06. The number of hydrogen-bond acceptors (Lipinski definition) is 2. The highest BCUT2D eigenvalue weighted by Crippen LogP contribution is 2.25. The van der Waals surface area contributed by atoms with Gasteiger partial charge in [0.1, 0.15) is 5.75 Å². The summed E-state index contributed by atoms with van der Waals surface area (Å²) in [6, 6.07) is 8.35. The molecule has 0 aliphatic heterocycles. The summed E-state index contributed by atoms with van der Waals surface area (Å²) in [7, 11) is 0. The van der Waals surface area contributed by atoms with Crippen molar-refractivity contribution < 1.29 is 9.47 Å². The van der Waals surface area contributed by atoms with Gasteiger partial charge in [-0.2, -0.15) is 0 Å². The van der Waals surface area contributed by atoms with Crippen molar-refractivity contribution in [2.75, 3.05) is 13.2 Å². The fourth-order valence-corrected chi connectivity index (χ4v) is 1.68. The van der Waals surface area contributed by atoms with Gasteiger partial charge in [0.25, 0.3) is 0 Å². The molecule has 2 nitrogen and oxygen atoms in total. The molecule has 0 heterocycles. The molecule has 0 aromatic heterocycles. The van der Waals surface area contributed by atoms with Crippen LogP contribution in [0.4, 0.5) is 0 Å². The molecule has 0 spiro atoms. The lowest BCUT2D eigenvalue weighted by atomic mass is 9.87. The number of benzene rings is 1. The van der Waals surface area contributed by atoms with E-state index in [2.05, 4.69) is 59.7 Å². The minimum Gasteiger partial charge on any atom is -0.493 e. The number of hydrogen-bond donors (Lipinski definition) is 0. The minimum atomic E-state index is -0.0633. The Balaban J connectivity index is 2.38. The predicted octanol–water partition coefficient (Wildman–Crippen LogP) is 4.57. The van der Waals surface area contributed by atoms with Crippen molar-refractivity contribution in [2.24, 2.45) is 0 Å².